The molecule has 1 aromatic rings. The standard InChI is InChI=1S/C25H36N2O5.Na/c1-18-3-7-21(8-4-18)26-24(28)10-6-19-5-9-22(23(17-19)31-2)32-16-15-27-13-11-20(12-14-27)25(29)30;/h5-6,9-10,17-18,20-21H,3-4,7-8,11-16H2,1-2H3,(H,26,28)(H,29,30);/q;+1/p-1/t18-,21-;. The molecule has 33 heavy (non-hydrogen) atoms. The number of carboxylic acid groups (broad SMARTS) is 1. The number of benzene rings is 1. The zero-order chi connectivity index (χ0) is 22.9. The van der Waals surface area contributed by atoms with Crippen molar-refractivity contribution in [2.75, 3.05) is 33.4 Å². The van der Waals surface area contributed by atoms with Crippen LogP contribution < -0.4 is 49.5 Å². The SMILES string of the molecule is COc1cc(C=CC(=O)N[C@H]2CC[C@H](C)CC2)ccc1OCCN1CCC(C(=O)[O-])CC1.[Na+]. The Balaban J connectivity index is 0.00000385. The van der Waals surface area contributed by atoms with Crippen molar-refractivity contribution in [3.05, 3.63) is 29.8 Å². The van der Waals surface area contributed by atoms with E-state index in [4.69, 9.17) is 9.47 Å². The molecule has 1 N–H and O–H groups in total. The summed E-state index contributed by atoms with van der Waals surface area (Å²) in [7, 11) is 1.59. The Labute approximate surface area is 219 Å². The molecule has 1 amide bonds. The minimum atomic E-state index is -0.944. The summed E-state index contributed by atoms with van der Waals surface area (Å²) in [5.41, 5.74) is 0.867. The predicted octanol–water partition coefficient (Wildman–Crippen LogP) is -0.752. The molecule has 1 aromatic carbocycles. The van der Waals surface area contributed by atoms with E-state index >= 15 is 0 Å². The van der Waals surface area contributed by atoms with Crippen LogP contribution in [0.25, 0.3) is 6.08 Å². The van der Waals surface area contributed by atoms with Crippen LogP contribution in [-0.2, 0) is 9.59 Å². The van der Waals surface area contributed by atoms with Gasteiger partial charge in [-0.15, -0.1) is 0 Å². The predicted molar refractivity (Wildman–Crippen MR) is 121 cm³/mol. The van der Waals surface area contributed by atoms with Crippen LogP contribution in [0, 0.1) is 11.8 Å². The molecule has 0 unspecified atom stereocenters. The van der Waals surface area contributed by atoms with Crippen molar-refractivity contribution >= 4 is 18.0 Å². The molecule has 176 valence electrons. The van der Waals surface area contributed by atoms with Gasteiger partial charge in [0, 0.05) is 30.5 Å². The van der Waals surface area contributed by atoms with Gasteiger partial charge in [-0.1, -0.05) is 13.0 Å². The van der Waals surface area contributed by atoms with Crippen LogP contribution in [0.3, 0.4) is 0 Å². The van der Waals surface area contributed by atoms with Crippen LogP contribution in [0.1, 0.15) is 51.0 Å². The van der Waals surface area contributed by atoms with E-state index in [1.54, 1.807) is 19.3 Å². The normalized spacial score (nSPS) is 21.9. The zero-order valence-electron chi connectivity index (χ0n) is 20.2. The van der Waals surface area contributed by atoms with E-state index in [0.29, 0.717) is 30.9 Å². The van der Waals surface area contributed by atoms with E-state index in [1.807, 2.05) is 18.2 Å². The number of rotatable bonds is 9. The number of likely N-dealkylation sites (tertiary alicyclic amines) is 1. The largest absolute Gasteiger partial charge is 1.00 e. The Morgan fingerprint density at radius 3 is 2.45 bits per heavy atom. The van der Waals surface area contributed by atoms with E-state index in [-0.39, 0.29) is 47.4 Å². The number of carbonyl (C=O) groups excluding carboxylic acids is 2. The van der Waals surface area contributed by atoms with E-state index in [0.717, 1.165) is 44.0 Å². The number of ether oxygens (including phenoxy) is 2. The van der Waals surface area contributed by atoms with Crippen molar-refractivity contribution in [3.8, 4) is 11.5 Å². The first-order valence-electron chi connectivity index (χ1n) is 11.7. The summed E-state index contributed by atoms with van der Waals surface area (Å²) in [6.07, 6.45) is 9.06. The van der Waals surface area contributed by atoms with Gasteiger partial charge < -0.3 is 24.7 Å². The molecule has 0 spiro atoms. The third-order valence-corrected chi connectivity index (χ3v) is 6.56. The van der Waals surface area contributed by atoms with Crippen molar-refractivity contribution in [1.29, 1.82) is 0 Å². The van der Waals surface area contributed by atoms with Crippen LogP contribution in [0.15, 0.2) is 24.3 Å². The number of carboxylic acids is 1. The van der Waals surface area contributed by atoms with Crippen molar-refractivity contribution in [1.82, 2.24) is 10.2 Å². The summed E-state index contributed by atoms with van der Waals surface area (Å²) in [6, 6.07) is 5.88. The Morgan fingerprint density at radius 1 is 1.12 bits per heavy atom. The fourth-order valence-electron chi connectivity index (χ4n) is 4.41. The monoisotopic (exact) mass is 466 g/mol. The number of hydrogen-bond acceptors (Lipinski definition) is 6. The molecule has 0 atom stereocenters. The van der Waals surface area contributed by atoms with Crippen LogP contribution in [-0.4, -0.2) is 56.2 Å². The molecule has 0 radical (unpaired) electrons. The second-order valence-electron chi connectivity index (χ2n) is 8.99. The number of piperidine rings is 1. The number of nitrogens with one attached hydrogen (secondary N) is 1. The van der Waals surface area contributed by atoms with E-state index in [9.17, 15) is 14.7 Å². The number of hydrogen-bond donors (Lipinski definition) is 1. The molecule has 1 aliphatic heterocycles. The van der Waals surface area contributed by atoms with Gasteiger partial charge in [-0.05, 0) is 81.3 Å². The van der Waals surface area contributed by atoms with Gasteiger partial charge >= 0.3 is 29.6 Å². The van der Waals surface area contributed by atoms with Gasteiger partial charge in [0.15, 0.2) is 11.5 Å². The van der Waals surface area contributed by atoms with Gasteiger partial charge in [0.05, 0.1) is 7.11 Å². The van der Waals surface area contributed by atoms with E-state index < -0.39 is 5.97 Å². The molecule has 0 aromatic heterocycles. The van der Waals surface area contributed by atoms with Gasteiger partial charge in [-0.3, -0.25) is 9.69 Å². The Kier molecular flexibility index (Phi) is 11.7. The summed E-state index contributed by atoms with van der Waals surface area (Å²) in [5, 5.41) is 14.0. The maximum atomic E-state index is 12.2. The first kappa shape index (κ1) is 27.7. The molecular formula is C25H35N2NaO5. The van der Waals surface area contributed by atoms with Crippen LogP contribution in [0.2, 0.25) is 0 Å². The summed E-state index contributed by atoms with van der Waals surface area (Å²) in [6.45, 7) is 4.96. The summed E-state index contributed by atoms with van der Waals surface area (Å²) < 4.78 is 11.4. The van der Waals surface area contributed by atoms with Gasteiger partial charge in [0.2, 0.25) is 5.91 Å². The molecule has 7 nitrogen and oxygen atoms in total. The summed E-state index contributed by atoms with van der Waals surface area (Å²) in [4.78, 5) is 25.4. The number of nitrogens with zero attached hydrogens (tertiary/aromatic N) is 1. The smallest absolute Gasteiger partial charge is 0.550 e. The van der Waals surface area contributed by atoms with Gasteiger partial charge in [0.25, 0.3) is 0 Å². The Bertz CT molecular complexity index is 800. The van der Waals surface area contributed by atoms with Crippen molar-refractivity contribution < 1.29 is 53.7 Å². The first-order valence-corrected chi connectivity index (χ1v) is 11.7. The van der Waals surface area contributed by atoms with E-state index in [1.165, 1.54) is 12.8 Å². The number of aliphatic carboxylic acids is 1. The third kappa shape index (κ3) is 8.96. The summed E-state index contributed by atoms with van der Waals surface area (Å²) >= 11 is 0. The average Bonchev–Trinajstić information content (AvgIpc) is 2.80. The summed E-state index contributed by atoms with van der Waals surface area (Å²) in [5.74, 6) is 0.682. The molecule has 8 heteroatoms. The number of amides is 1. The molecule has 1 heterocycles. The van der Waals surface area contributed by atoms with Crippen LogP contribution >= 0.6 is 0 Å². The molecule has 1 aliphatic carbocycles. The van der Waals surface area contributed by atoms with Crippen molar-refractivity contribution in [2.45, 2.75) is 51.5 Å². The van der Waals surface area contributed by atoms with Crippen molar-refractivity contribution in [2.24, 2.45) is 11.8 Å². The second-order valence-corrected chi connectivity index (χ2v) is 8.99. The number of methoxy groups -OCH3 is 1. The van der Waals surface area contributed by atoms with Crippen molar-refractivity contribution in [3.63, 3.8) is 0 Å². The molecule has 1 saturated carbocycles. The maximum Gasteiger partial charge on any atom is 1.00 e. The first-order chi connectivity index (χ1) is 15.4. The van der Waals surface area contributed by atoms with Crippen LogP contribution in [0.5, 0.6) is 11.5 Å². The van der Waals surface area contributed by atoms with Gasteiger partial charge in [0.1, 0.15) is 6.61 Å². The fourth-order valence-corrected chi connectivity index (χ4v) is 4.41. The minimum absolute atomic E-state index is 0. The molecule has 1 saturated heterocycles. The Hall–Kier alpha value is -1.54. The molecule has 3 rings (SSSR count). The second kappa shape index (κ2) is 14.0. The maximum absolute atomic E-state index is 12.2. The van der Waals surface area contributed by atoms with Crippen LogP contribution in [0.4, 0.5) is 0 Å². The Morgan fingerprint density at radius 2 is 1.82 bits per heavy atom. The van der Waals surface area contributed by atoms with Gasteiger partial charge in [-0.2, -0.15) is 0 Å². The molecule has 2 fully saturated rings. The fraction of sp³-hybridized carbons (Fsp3) is 0.600. The molecular weight excluding hydrogens is 431 g/mol. The van der Waals surface area contributed by atoms with E-state index in [2.05, 4.69) is 17.1 Å². The third-order valence-electron chi connectivity index (χ3n) is 6.56. The van der Waals surface area contributed by atoms with Gasteiger partial charge in [-0.25, -0.2) is 0 Å². The zero-order valence-corrected chi connectivity index (χ0v) is 22.2. The molecule has 2 aliphatic rings. The quantitative estimate of drug-likeness (QED) is 0.380. The molecule has 0 bridgehead atoms. The average molecular weight is 467 g/mol. The topological polar surface area (TPSA) is 90.9 Å². The minimum Gasteiger partial charge on any atom is -0.550 e. The number of carbonyl (C=O) groups is 2.